The van der Waals surface area contributed by atoms with Crippen LogP contribution in [0.15, 0.2) is 42.7 Å². The van der Waals surface area contributed by atoms with Crippen molar-refractivity contribution >= 4 is 0 Å². The van der Waals surface area contributed by atoms with Crippen molar-refractivity contribution in [3.8, 4) is 0 Å². The lowest BCUT2D eigenvalue weighted by molar-refractivity contribution is 0.165. The Balaban J connectivity index is 1.90. The molecule has 2 rings (SSSR count). The molecule has 0 saturated carbocycles. The minimum Gasteiger partial charge on any atom is -0.393 e. The zero-order valence-corrected chi connectivity index (χ0v) is 11.0. The molecule has 0 aliphatic rings. The van der Waals surface area contributed by atoms with Crippen LogP contribution >= 0.6 is 0 Å². The Morgan fingerprint density at radius 2 is 1.95 bits per heavy atom. The van der Waals surface area contributed by atoms with Crippen LogP contribution in [-0.4, -0.2) is 16.2 Å². The number of rotatable bonds is 5. The van der Waals surface area contributed by atoms with Crippen LogP contribution in [0.1, 0.15) is 23.1 Å². The van der Waals surface area contributed by atoms with E-state index in [9.17, 15) is 9.50 Å². The zero-order chi connectivity index (χ0) is 13.7. The molecular weight excluding hydrogens is 241 g/mol. The summed E-state index contributed by atoms with van der Waals surface area (Å²) in [6.07, 6.45) is 5.01. The van der Waals surface area contributed by atoms with Gasteiger partial charge in [0.1, 0.15) is 5.82 Å². The molecule has 0 fully saturated rings. The molecule has 0 aliphatic heterocycles. The van der Waals surface area contributed by atoms with E-state index >= 15 is 0 Å². The average Bonchev–Trinajstić information content (AvgIpc) is 2.42. The molecule has 3 heteroatoms. The van der Waals surface area contributed by atoms with Gasteiger partial charge in [0.05, 0.1) is 6.10 Å². The Morgan fingerprint density at radius 3 is 2.68 bits per heavy atom. The summed E-state index contributed by atoms with van der Waals surface area (Å²) in [4.78, 5) is 3.96. The van der Waals surface area contributed by atoms with Crippen molar-refractivity contribution in [2.75, 3.05) is 0 Å². The highest BCUT2D eigenvalue weighted by Crippen LogP contribution is 2.15. The maximum atomic E-state index is 13.2. The van der Waals surface area contributed by atoms with Crippen molar-refractivity contribution in [3.63, 3.8) is 0 Å². The molecule has 0 amide bonds. The Hall–Kier alpha value is -1.74. The highest BCUT2D eigenvalue weighted by molar-refractivity contribution is 5.27. The van der Waals surface area contributed by atoms with Crippen LogP contribution in [-0.2, 0) is 12.8 Å². The lowest BCUT2D eigenvalue weighted by Gasteiger charge is -2.12. The second kappa shape index (κ2) is 6.43. The summed E-state index contributed by atoms with van der Waals surface area (Å²) in [7, 11) is 0. The molecule has 0 aliphatic carbocycles. The van der Waals surface area contributed by atoms with Crippen molar-refractivity contribution in [3.05, 3.63) is 65.2 Å². The predicted octanol–water partition coefficient (Wildman–Crippen LogP) is 3.07. The first-order chi connectivity index (χ1) is 9.15. The summed E-state index contributed by atoms with van der Waals surface area (Å²) in [6.45, 7) is 1.93. The van der Waals surface area contributed by atoms with Crippen molar-refractivity contribution in [2.45, 2.75) is 32.3 Å². The number of hydrogen-bond acceptors (Lipinski definition) is 2. The third-order valence-electron chi connectivity index (χ3n) is 3.28. The smallest absolute Gasteiger partial charge is 0.123 e. The van der Waals surface area contributed by atoms with Crippen LogP contribution in [0, 0.1) is 12.7 Å². The molecule has 1 aromatic heterocycles. The van der Waals surface area contributed by atoms with Gasteiger partial charge in [-0.1, -0.05) is 6.07 Å². The van der Waals surface area contributed by atoms with Crippen molar-refractivity contribution in [1.82, 2.24) is 4.98 Å². The van der Waals surface area contributed by atoms with Gasteiger partial charge in [-0.2, -0.15) is 0 Å². The molecule has 1 heterocycles. The highest BCUT2D eigenvalue weighted by atomic mass is 19.1. The predicted molar refractivity (Wildman–Crippen MR) is 73.4 cm³/mol. The maximum Gasteiger partial charge on any atom is 0.123 e. The van der Waals surface area contributed by atoms with Gasteiger partial charge in [0.25, 0.3) is 0 Å². The average molecular weight is 259 g/mol. The van der Waals surface area contributed by atoms with Crippen LogP contribution in [0.2, 0.25) is 0 Å². The maximum absolute atomic E-state index is 13.2. The number of aliphatic hydroxyl groups is 1. The SMILES string of the molecule is Cc1ccc(F)cc1CC(O)CCc1ccncc1. The van der Waals surface area contributed by atoms with Gasteiger partial charge in [-0.15, -0.1) is 0 Å². The summed E-state index contributed by atoms with van der Waals surface area (Å²) >= 11 is 0. The Bertz CT molecular complexity index is 528. The van der Waals surface area contributed by atoms with Gasteiger partial charge in [0.15, 0.2) is 0 Å². The minimum atomic E-state index is -0.450. The number of aromatic nitrogens is 1. The molecule has 0 spiro atoms. The molecule has 2 aromatic rings. The van der Waals surface area contributed by atoms with Crippen LogP contribution in [0.25, 0.3) is 0 Å². The van der Waals surface area contributed by atoms with E-state index in [1.165, 1.54) is 12.1 Å². The molecule has 100 valence electrons. The molecule has 19 heavy (non-hydrogen) atoms. The van der Waals surface area contributed by atoms with E-state index in [0.29, 0.717) is 12.8 Å². The highest BCUT2D eigenvalue weighted by Gasteiger charge is 2.09. The first-order valence-corrected chi connectivity index (χ1v) is 6.47. The van der Waals surface area contributed by atoms with Gasteiger partial charge in [-0.25, -0.2) is 4.39 Å². The van der Waals surface area contributed by atoms with E-state index in [4.69, 9.17) is 0 Å². The van der Waals surface area contributed by atoms with Gasteiger partial charge in [-0.05, 0) is 67.1 Å². The summed E-state index contributed by atoms with van der Waals surface area (Å²) in [5.41, 5.74) is 3.05. The fourth-order valence-corrected chi connectivity index (χ4v) is 2.10. The Labute approximate surface area is 112 Å². The van der Waals surface area contributed by atoms with Crippen molar-refractivity contribution in [1.29, 1.82) is 0 Å². The van der Waals surface area contributed by atoms with E-state index in [1.54, 1.807) is 18.5 Å². The molecule has 0 radical (unpaired) electrons. The van der Waals surface area contributed by atoms with Crippen LogP contribution in [0.4, 0.5) is 4.39 Å². The van der Waals surface area contributed by atoms with Gasteiger partial charge >= 0.3 is 0 Å². The molecule has 0 bridgehead atoms. The number of benzene rings is 1. The molecule has 1 aromatic carbocycles. The van der Waals surface area contributed by atoms with Crippen molar-refractivity contribution in [2.24, 2.45) is 0 Å². The quantitative estimate of drug-likeness (QED) is 0.895. The summed E-state index contributed by atoms with van der Waals surface area (Å²) in [5.74, 6) is -0.248. The molecule has 0 saturated heterocycles. The standard InChI is InChI=1S/C16H18FNO/c1-12-2-4-15(17)10-14(12)11-16(19)5-3-13-6-8-18-9-7-13/h2,4,6-10,16,19H,3,5,11H2,1H3. The third-order valence-corrected chi connectivity index (χ3v) is 3.28. The lowest BCUT2D eigenvalue weighted by atomic mass is 9.98. The normalized spacial score (nSPS) is 12.4. The van der Waals surface area contributed by atoms with E-state index in [0.717, 1.165) is 23.1 Å². The number of aryl methyl sites for hydroxylation is 2. The third kappa shape index (κ3) is 4.14. The number of halogens is 1. The number of hydrogen-bond donors (Lipinski definition) is 1. The number of pyridine rings is 1. The Morgan fingerprint density at radius 1 is 1.21 bits per heavy atom. The largest absolute Gasteiger partial charge is 0.393 e. The van der Waals surface area contributed by atoms with Crippen LogP contribution in [0.5, 0.6) is 0 Å². The van der Waals surface area contributed by atoms with Crippen molar-refractivity contribution < 1.29 is 9.50 Å². The Kier molecular flexibility index (Phi) is 4.63. The van der Waals surface area contributed by atoms with E-state index in [2.05, 4.69) is 4.98 Å². The molecular formula is C16H18FNO. The fraction of sp³-hybridized carbons (Fsp3) is 0.312. The van der Waals surface area contributed by atoms with Gasteiger partial charge in [0, 0.05) is 12.4 Å². The van der Waals surface area contributed by atoms with E-state index < -0.39 is 6.10 Å². The minimum absolute atomic E-state index is 0.248. The first-order valence-electron chi connectivity index (χ1n) is 6.47. The summed E-state index contributed by atoms with van der Waals surface area (Å²) in [6, 6.07) is 8.59. The van der Waals surface area contributed by atoms with Gasteiger partial charge in [0.2, 0.25) is 0 Å². The lowest BCUT2D eigenvalue weighted by Crippen LogP contribution is -2.12. The summed E-state index contributed by atoms with van der Waals surface area (Å²) in [5, 5.41) is 10.0. The van der Waals surface area contributed by atoms with E-state index in [1.807, 2.05) is 19.1 Å². The number of nitrogens with zero attached hydrogens (tertiary/aromatic N) is 1. The molecule has 2 nitrogen and oxygen atoms in total. The van der Waals surface area contributed by atoms with E-state index in [-0.39, 0.29) is 5.82 Å². The first kappa shape index (κ1) is 13.7. The van der Waals surface area contributed by atoms with Crippen LogP contribution < -0.4 is 0 Å². The fourth-order valence-electron chi connectivity index (χ4n) is 2.10. The summed E-state index contributed by atoms with van der Waals surface area (Å²) < 4.78 is 13.2. The molecule has 1 N–H and O–H groups in total. The number of aliphatic hydroxyl groups excluding tert-OH is 1. The second-order valence-corrected chi connectivity index (χ2v) is 4.82. The zero-order valence-electron chi connectivity index (χ0n) is 11.0. The van der Waals surface area contributed by atoms with Gasteiger partial charge in [-0.3, -0.25) is 4.98 Å². The topological polar surface area (TPSA) is 33.1 Å². The molecule has 1 atom stereocenters. The molecule has 1 unspecified atom stereocenters. The second-order valence-electron chi connectivity index (χ2n) is 4.82. The monoisotopic (exact) mass is 259 g/mol. The van der Waals surface area contributed by atoms with Gasteiger partial charge < -0.3 is 5.11 Å². The van der Waals surface area contributed by atoms with Crippen LogP contribution in [0.3, 0.4) is 0 Å².